The number of ether oxygens (including phenoxy) is 1. The summed E-state index contributed by atoms with van der Waals surface area (Å²) in [5.74, 6) is -0.226. The number of carbonyl (C=O) groups is 1. The van der Waals surface area contributed by atoms with E-state index in [1.54, 1.807) is 0 Å². The molecule has 6 heteroatoms. The van der Waals surface area contributed by atoms with Gasteiger partial charge >= 0.3 is 5.97 Å². The third-order valence-corrected chi connectivity index (χ3v) is 3.75. The summed E-state index contributed by atoms with van der Waals surface area (Å²) in [4.78, 5) is 30.0. The highest BCUT2D eigenvalue weighted by Gasteiger charge is 2.33. The van der Waals surface area contributed by atoms with Gasteiger partial charge in [-0.2, -0.15) is 0 Å². The van der Waals surface area contributed by atoms with Gasteiger partial charge in [0, 0.05) is 18.2 Å². The van der Waals surface area contributed by atoms with Crippen LogP contribution in [0.4, 0.5) is 0 Å². The van der Waals surface area contributed by atoms with Crippen LogP contribution in [0.3, 0.4) is 0 Å². The van der Waals surface area contributed by atoms with Crippen molar-refractivity contribution in [2.24, 2.45) is 0 Å². The number of hydrogen-bond donors (Lipinski definition) is 1. The van der Waals surface area contributed by atoms with Crippen LogP contribution in [-0.2, 0) is 16.0 Å². The van der Waals surface area contributed by atoms with Crippen molar-refractivity contribution in [3.63, 3.8) is 0 Å². The molecule has 0 spiro atoms. The Morgan fingerprint density at radius 2 is 2.33 bits per heavy atom. The number of carbonyl (C=O) groups excluding carboxylic acids is 1. The number of hydrogen-bond acceptors (Lipinski definition) is 5. The normalized spacial score (nSPS) is 23.1. The summed E-state index contributed by atoms with van der Waals surface area (Å²) in [6.45, 7) is 3.90. The maximum absolute atomic E-state index is 11.5. The fraction of sp³-hybridized carbons (Fsp3) is 0.583. The van der Waals surface area contributed by atoms with E-state index in [-0.39, 0.29) is 22.9 Å². The number of esters is 1. The number of H-pyrrole nitrogens is 1. The van der Waals surface area contributed by atoms with Crippen molar-refractivity contribution in [1.82, 2.24) is 9.97 Å². The van der Waals surface area contributed by atoms with Gasteiger partial charge in [-0.25, -0.2) is 4.98 Å². The molecule has 1 fully saturated rings. The van der Waals surface area contributed by atoms with E-state index in [0.29, 0.717) is 11.6 Å². The molecule has 0 saturated carbocycles. The van der Waals surface area contributed by atoms with E-state index in [0.717, 1.165) is 18.5 Å². The molecule has 0 unspecified atom stereocenters. The van der Waals surface area contributed by atoms with Crippen LogP contribution in [0.5, 0.6) is 0 Å². The minimum absolute atomic E-state index is 0.0550. The van der Waals surface area contributed by atoms with Crippen LogP contribution in [0.2, 0.25) is 0 Å². The highest BCUT2D eigenvalue weighted by molar-refractivity contribution is 8.00. The Hall–Kier alpha value is -1.30. The van der Waals surface area contributed by atoms with Gasteiger partial charge < -0.3 is 9.72 Å². The summed E-state index contributed by atoms with van der Waals surface area (Å²) in [6.07, 6.45) is 2.30. The minimum atomic E-state index is -0.264. The van der Waals surface area contributed by atoms with Crippen molar-refractivity contribution in [2.75, 3.05) is 0 Å². The molecule has 1 saturated heterocycles. The number of cyclic esters (lactones) is 1. The summed E-state index contributed by atoms with van der Waals surface area (Å²) < 4.78 is 5.07. The first-order chi connectivity index (χ1) is 8.58. The maximum Gasteiger partial charge on any atom is 0.319 e. The highest BCUT2D eigenvalue weighted by atomic mass is 32.2. The van der Waals surface area contributed by atoms with Crippen molar-refractivity contribution >= 4 is 17.7 Å². The number of rotatable bonds is 4. The molecule has 1 N–H and O–H groups in total. The number of thioether (sulfide) groups is 1. The molecule has 0 aliphatic carbocycles. The first-order valence-corrected chi connectivity index (χ1v) is 6.94. The van der Waals surface area contributed by atoms with Gasteiger partial charge in [-0.1, -0.05) is 25.1 Å². The van der Waals surface area contributed by atoms with Crippen molar-refractivity contribution in [2.45, 2.75) is 49.6 Å². The second-order valence-corrected chi connectivity index (χ2v) is 5.57. The Bertz CT molecular complexity index is 500. The molecule has 0 amide bonds. The molecule has 2 atom stereocenters. The van der Waals surface area contributed by atoms with Crippen molar-refractivity contribution in [1.29, 1.82) is 0 Å². The largest absolute Gasteiger partial charge is 0.462 e. The van der Waals surface area contributed by atoms with Crippen molar-refractivity contribution in [3.05, 3.63) is 22.1 Å². The monoisotopic (exact) mass is 268 g/mol. The summed E-state index contributed by atoms with van der Waals surface area (Å²) in [6, 6.07) is 1.50. The van der Waals surface area contributed by atoms with Crippen LogP contribution in [-0.4, -0.2) is 27.3 Å². The first kappa shape index (κ1) is 13.1. The fourth-order valence-corrected chi connectivity index (χ4v) is 2.99. The lowest BCUT2D eigenvalue weighted by atomic mass is 10.2. The maximum atomic E-state index is 11.5. The third kappa shape index (κ3) is 3.13. The molecule has 98 valence electrons. The van der Waals surface area contributed by atoms with Gasteiger partial charge in [-0.3, -0.25) is 9.59 Å². The zero-order chi connectivity index (χ0) is 13.1. The van der Waals surface area contributed by atoms with E-state index < -0.39 is 0 Å². The Labute approximate surface area is 109 Å². The van der Waals surface area contributed by atoms with Gasteiger partial charge in [0.15, 0.2) is 5.16 Å². The smallest absolute Gasteiger partial charge is 0.319 e. The minimum Gasteiger partial charge on any atom is -0.462 e. The standard InChI is InChI=1S/C12H16N2O3S/c1-3-4-8-6-10(15)14-12(13-8)18-9-5-7(2)17-11(9)16/h6-7,9H,3-5H2,1-2H3,(H,13,14,15)/t7-,9+/m1/s1. The first-order valence-electron chi connectivity index (χ1n) is 6.06. The highest BCUT2D eigenvalue weighted by Crippen LogP contribution is 2.29. The molecule has 0 aromatic carbocycles. The number of nitrogens with one attached hydrogen (secondary N) is 1. The Morgan fingerprint density at radius 1 is 1.56 bits per heavy atom. The van der Waals surface area contributed by atoms with E-state index in [1.165, 1.54) is 17.8 Å². The molecule has 18 heavy (non-hydrogen) atoms. The third-order valence-electron chi connectivity index (χ3n) is 2.66. The average Bonchev–Trinajstić information content (AvgIpc) is 2.57. The van der Waals surface area contributed by atoms with Gasteiger partial charge in [0.2, 0.25) is 0 Å². The molecule has 1 aliphatic heterocycles. The van der Waals surface area contributed by atoms with Crippen LogP contribution in [0.1, 0.15) is 32.4 Å². The number of nitrogens with zero attached hydrogens (tertiary/aromatic N) is 1. The predicted octanol–water partition coefficient (Wildman–Crippen LogP) is 1.52. The molecule has 2 heterocycles. The van der Waals surface area contributed by atoms with Crippen LogP contribution < -0.4 is 5.56 Å². The summed E-state index contributed by atoms with van der Waals surface area (Å²) >= 11 is 1.28. The van der Waals surface area contributed by atoms with Gasteiger partial charge in [0.05, 0.1) is 0 Å². The molecule has 1 aromatic rings. The molecular formula is C12H16N2O3S. The van der Waals surface area contributed by atoms with Crippen LogP contribution in [0.15, 0.2) is 16.0 Å². The number of aryl methyl sites for hydroxylation is 1. The average molecular weight is 268 g/mol. The van der Waals surface area contributed by atoms with Gasteiger partial charge in [-0.15, -0.1) is 0 Å². The molecule has 2 rings (SSSR count). The molecule has 0 bridgehead atoms. The fourth-order valence-electron chi connectivity index (χ4n) is 1.87. The lowest BCUT2D eigenvalue weighted by molar-refractivity contribution is -0.140. The second kappa shape index (κ2) is 5.56. The molecule has 0 radical (unpaired) electrons. The zero-order valence-electron chi connectivity index (χ0n) is 10.4. The summed E-state index contributed by atoms with van der Waals surface area (Å²) in [7, 11) is 0. The van der Waals surface area contributed by atoms with Crippen molar-refractivity contribution in [3.8, 4) is 0 Å². The van der Waals surface area contributed by atoms with Gasteiger partial charge in [0.1, 0.15) is 11.4 Å². The summed E-state index contributed by atoms with van der Waals surface area (Å²) in [5, 5.41) is 0.238. The Balaban J connectivity index is 2.13. The number of aromatic amines is 1. The molecular weight excluding hydrogens is 252 g/mol. The quantitative estimate of drug-likeness (QED) is 0.662. The number of aromatic nitrogens is 2. The van der Waals surface area contributed by atoms with E-state index in [4.69, 9.17) is 4.74 Å². The molecule has 1 aromatic heterocycles. The zero-order valence-corrected chi connectivity index (χ0v) is 11.3. The lowest BCUT2D eigenvalue weighted by Gasteiger charge is -2.05. The van der Waals surface area contributed by atoms with E-state index >= 15 is 0 Å². The predicted molar refractivity (Wildman–Crippen MR) is 68.7 cm³/mol. The Morgan fingerprint density at radius 3 is 2.94 bits per heavy atom. The lowest BCUT2D eigenvalue weighted by Crippen LogP contribution is -2.14. The van der Waals surface area contributed by atoms with Crippen molar-refractivity contribution < 1.29 is 9.53 Å². The van der Waals surface area contributed by atoms with E-state index in [9.17, 15) is 9.59 Å². The topological polar surface area (TPSA) is 72.1 Å². The van der Waals surface area contributed by atoms with Crippen LogP contribution in [0, 0.1) is 0 Å². The summed E-state index contributed by atoms with van der Waals surface area (Å²) in [5.41, 5.74) is 0.596. The SMILES string of the molecule is CCCc1cc(=O)[nH]c(S[C@H]2C[C@@H](C)OC2=O)n1. The molecule has 1 aliphatic rings. The molecule has 5 nitrogen and oxygen atoms in total. The van der Waals surface area contributed by atoms with Gasteiger partial charge in [0.25, 0.3) is 5.56 Å². The van der Waals surface area contributed by atoms with Crippen LogP contribution in [0.25, 0.3) is 0 Å². The Kier molecular flexibility index (Phi) is 4.06. The second-order valence-electron chi connectivity index (χ2n) is 4.38. The van der Waals surface area contributed by atoms with Gasteiger partial charge in [-0.05, 0) is 13.3 Å². The van der Waals surface area contributed by atoms with Crippen LogP contribution >= 0.6 is 11.8 Å². The van der Waals surface area contributed by atoms with E-state index in [2.05, 4.69) is 9.97 Å². The van der Waals surface area contributed by atoms with E-state index in [1.807, 2.05) is 13.8 Å².